The van der Waals surface area contributed by atoms with Crippen LogP contribution in [0.15, 0.2) is 6.07 Å². The van der Waals surface area contributed by atoms with Crippen molar-refractivity contribution >= 4 is 11.8 Å². The standard InChI is InChI=1S/C11H15F3N4O/c1-6-7(2-3-19-6)5-16-9-4-8(11(12,13)14)17-10(15)18-9/h4,6-7H,2-3,5H2,1H3,(H3,15,16,17,18). The first kappa shape index (κ1) is 13.9. The van der Waals surface area contributed by atoms with E-state index >= 15 is 0 Å². The van der Waals surface area contributed by atoms with Gasteiger partial charge in [-0.3, -0.25) is 0 Å². The van der Waals surface area contributed by atoms with E-state index in [2.05, 4.69) is 15.3 Å². The Bertz CT molecular complexity index is 452. The maximum absolute atomic E-state index is 12.6. The summed E-state index contributed by atoms with van der Waals surface area (Å²) in [5.74, 6) is -0.0579. The highest BCUT2D eigenvalue weighted by atomic mass is 19.4. The fourth-order valence-electron chi connectivity index (χ4n) is 1.98. The van der Waals surface area contributed by atoms with Gasteiger partial charge in [0, 0.05) is 25.1 Å². The zero-order valence-electron chi connectivity index (χ0n) is 10.4. The second-order valence-corrected chi connectivity index (χ2v) is 4.50. The van der Waals surface area contributed by atoms with E-state index in [1.165, 1.54) is 0 Å². The van der Waals surface area contributed by atoms with Gasteiger partial charge in [-0.2, -0.15) is 18.2 Å². The molecule has 5 nitrogen and oxygen atoms in total. The van der Waals surface area contributed by atoms with Gasteiger partial charge in [0.25, 0.3) is 0 Å². The normalized spacial score (nSPS) is 23.6. The van der Waals surface area contributed by atoms with Gasteiger partial charge in [-0.15, -0.1) is 0 Å². The fraction of sp³-hybridized carbons (Fsp3) is 0.636. The molecule has 19 heavy (non-hydrogen) atoms. The minimum Gasteiger partial charge on any atom is -0.378 e. The molecule has 1 saturated heterocycles. The summed E-state index contributed by atoms with van der Waals surface area (Å²) in [7, 11) is 0. The van der Waals surface area contributed by atoms with E-state index in [1.807, 2.05) is 6.92 Å². The maximum atomic E-state index is 12.6. The van der Waals surface area contributed by atoms with E-state index in [9.17, 15) is 13.2 Å². The fourth-order valence-corrected chi connectivity index (χ4v) is 1.98. The summed E-state index contributed by atoms with van der Waals surface area (Å²) >= 11 is 0. The average Bonchev–Trinajstić information content (AvgIpc) is 2.70. The zero-order chi connectivity index (χ0) is 14.0. The van der Waals surface area contributed by atoms with E-state index in [0.717, 1.165) is 12.5 Å². The second-order valence-electron chi connectivity index (χ2n) is 4.50. The van der Waals surface area contributed by atoms with Crippen LogP contribution >= 0.6 is 0 Å². The van der Waals surface area contributed by atoms with E-state index in [0.29, 0.717) is 13.2 Å². The highest BCUT2D eigenvalue weighted by molar-refractivity contribution is 5.41. The third kappa shape index (κ3) is 3.46. The van der Waals surface area contributed by atoms with Crippen LogP contribution in [0.5, 0.6) is 0 Å². The molecule has 0 amide bonds. The molecule has 8 heteroatoms. The Kier molecular flexibility index (Phi) is 3.79. The summed E-state index contributed by atoms with van der Waals surface area (Å²) in [6, 6.07) is 0.858. The van der Waals surface area contributed by atoms with Gasteiger partial charge in [-0.25, -0.2) is 4.98 Å². The lowest BCUT2D eigenvalue weighted by Gasteiger charge is -2.16. The number of hydrogen-bond donors (Lipinski definition) is 2. The highest BCUT2D eigenvalue weighted by Crippen LogP contribution is 2.29. The minimum absolute atomic E-state index is 0.0823. The molecule has 2 atom stereocenters. The Morgan fingerprint density at radius 2 is 2.21 bits per heavy atom. The molecule has 1 aromatic heterocycles. The molecular weight excluding hydrogens is 261 g/mol. The summed E-state index contributed by atoms with van der Waals surface area (Å²) in [6.07, 6.45) is -3.56. The van der Waals surface area contributed by atoms with Crippen molar-refractivity contribution in [2.75, 3.05) is 24.2 Å². The maximum Gasteiger partial charge on any atom is 0.433 e. The van der Waals surface area contributed by atoms with Crippen molar-refractivity contribution in [1.29, 1.82) is 0 Å². The summed E-state index contributed by atoms with van der Waals surface area (Å²) in [4.78, 5) is 6.92. The number of alkyl halides is 3. The van der Waals surface area contributed by atoms with Crippen LogP contribution < -0.4 is 11.1 Å². The van der Waals surface area contributed by atoms with Crippen molar-refractivity contribution < 1.29 is 17.9 Å². The van der Waals surface area contributed by atoms with Gasteiger partial charge in [0.15, 0.2) is 5.69 Å². The number of ether oxygens (including phenoxy) is 1. The Morgan fingerprint density at radius 1 is 1.47 bits per heavy atom. The Labute approximate surface area is 108 Å². The van der Waals surface area contributed by atoms with Crippen molar-refractivity contribution in [1.82, 2.24) is 9.97 Å². The van der Waals surface area contributed by atoms with Gasteiger partial charge in [0.2, 0.25) is 5.95 Å². The largest absolute Gasteiger partial charge is 0.433 e. The first-order valence-corrected chi connectivity index (χ1v) is 5.93. The van der Waals surface area contributed by atoms with Gasteiger partial charge < -0.3 is 15.8 Å². The lowest BCUT2D eigenvalue weighted by atomic mass is 10.0. The van der Waals surface area contributed by atoms with Gasteiger partial charge in [0.05, 0.1) is 6.10 Å². The van der Waals surface area contributed by atoms with Gasteiger partial charge in [-0.1, -0.05) is 0 Å². The number of nitrogens with one attached hydrogen (secondary N) is 1. The number of aromatic nitrogens is 2. The van der Waals surface area contributed by atoms with Crippen molar-refractivity contribution in [3.8, 4) is 0 Å². The van der Waals surface area contributed by atoms with Crippen LogP contribution in [0.3, 0.4) is 0 Å². The molecule has 3 N–H and O–H groups in total. The molecule has 2 heterocycles. The van der Waals surface area contributed by atoms with Crippen LogP contribution in [0.2, 0.25) is 0 Å². The lowest BCUT2D eigenvalue weighted by molar-refractivity contribution is -0.141. The molecule has 2 unspecified atom stereocenters. The van der Waals surface area contributed by atoms with E-state index in [-0.39, 0.29) is 17.8 Å². The van der Waals surface area contributed by atoms with Crippen LogP contribution in [0.4, 0.5) is 24.9 Å². The Hall–Kier alpha value is -1.57. The second kappa shape index (κ2) is 5.20. The number of nitrogens with two attached hydrogens (primary N) is 1. The molecule has 1 aliphatic rings. The van der Waals surface area contributed by atoms with Crippen LogP contribution in [0, 0.1) is 5.92 Å². The summed E-state index contributed by atoms with van der Waals surface area (Å²) < 4.78 is 43.1. The number of rotatable bonds is 3. The molecule has 0 aliphatic carbocycles. The van der Waals surface area contributed by atoms with Gasteiger partial charge in [0.1, 0.15) is 5.82 Å². The molecule has 0 bridgehead atoms. The van der Waals surface area contributed by atoms with Crippen molar-refractivity contribution in [3.63, 3.8) is 0 Å². The van der Waals surface area contributed by atoms with Crippen molar-refractivity contribution in [3.05, 3.63) is 11.8 Å². The van der Waals surface area contributed by atoms with E-state index in [4.69, 9.17) is 10.5 Å². The van der Waals surface area contributed by atoms with Crippen LogP contribution in [-0.4, -0.2) is 29.2 Å². The van der Waals surface area contributed by atoms with E-state index in [1.54, 1.807) is 0 Å². The number of halogens is 3. The topological polar surface area (TPSA) is 73.1 Å². The molecule has 1 fully saturated rings. The molecule has 0 spiro atoms. The monoisotopic (exact) mass is 276 g/mol. The Morgan fingerprint density at radius 3 is 2.79 bits per heavy atom. The number of anilines is 2. The van der Waals surface area contributed by atoms with E-state index < -0.39 is 17.8 Å². The van der Waals surface area contributed by atoms with Crippen LogP contribution in [0.1, 0.15) is 19.0 Å². The number of nitrogens with zero attached hydrogens (tertiary/aromatic N) is 2. The first-order valence-electron chi connectivity index (χ1n) is 5.93. The van der Waals surface area contributed by atoms with Crippen LogP contribution in [0.25, 0.3) is 0 Å². The summed E-state index contributed by atoms with van der Waals surface area (Å²) in [5.41, 5.74) is 4.24. The average molecular weight is 276 g/mol. The van der Waals surface area contributed by atoms with Gasteiger partial charge in [-0.05, 0) is 13.3 Å². The Balaban J connectivity index is 2.06. The molecule has 0 aromatic carbocycles. The minimum atomic E-state index is -4.53. The lowest BCUT2D eigenvalue weighted by Crippen LogP contribution is -2.22. The SMILES string of the molecule is CC1OCCC1CNc1cc(C(F)(F)F)nc(N)n1. The molecule has 1 aromatic rings. The smallest absolute Gasteiger partial charge is 0.378 e. The molecule has 0 radical (unpaired) electrons. The van der Waals surface area contributed by atoms with Crippen molar-refractivity contribution in [2.24, 2.45) is 5.92 Å². The highest BCUT2D eigenvalue weighted by Gasteiger charge is 2.33. The van der Waals surface area contributed by atoms with Gasteiger partial charge >= 0.3 is 6.18 Å². The number of nitrogen functional groups attached to an aromatic ring is 1. The number of hydrogen-bond acceptors (Lipinski definition) is 5. The predicted octanol–water partition coefficient (Wildman–Crippen LogP) is 1.91. The molecule has 106 valence electrons. The third-order valence-corrected chi connectivity index (χ3v) is 3.11. The molecule has 1 aliphatic heterocycles. The summed E-state index contributed by atoms with van der Waals surface area (Å²) in [6.45, 7) is 3.11. The molecule has 0 saturated carbocycles. The molecular formula is C11H15F3N4O. The zero-order valence-corrected chi connectivity index (χ0v) is 10.4. The predicted molar refractivity (Wildman–Crippen MR) is 63.5 cm³/mol. The molecule has 2 rings (SSSR count). The van der Waals surface area contributed by atoms with Crippen molar-refractivity contribution in [2.45, 2.75) is 25.6 Å². The third-order valence-electron chi connectivity index (χ3n) is 3.11. The summed E-state index contributed by atoms with van der Waals surface area (Å²) in [5, 5.41) is 2.86. The first-order chi connectivity index (χ1) is 8.86. The quantitative estimate of drug-likeness (QED) is 0.882. The van der Waals surface area contributed by atoms with Crippen LogP contribution in [-0.2, 0) is 10.9 Å².